The first-order valence-electron chi connectivity index (χ1n) is 6.72. The highest BCUT2D eigenvalue weighted by Crippen LogP contribution is 2.37. The zero-order valence-corrected chi connectivity index (χ0v) is 11.1. The van der Waals surface area contributed by atoms with E-state index < -0.39 is 0 Å². The highest BCUT2D eigenvalue weighted by atomic mass is 15.3. The first kappa shape index (κ1) is 13.3. The van der Waals surface area contributed by atoms with E-state index in [-0.39, 0.29) is 0 Å². The molecule has 0 amide bonds. The molecule has 0 aromatic carbocycles. The maximum absolute atomic E-state index is 5.98. The molecule has 1 fully saturated rings. The van der Waals surface area contributed by atoms with E-state index in [1.807, 2.05) is 0 Å². The van der Waals surface area contributed by atoms with Crippen LogP contribution in [0.4, 0.5) is 0 Å². The van der Waals surface area contributed by atoms with Crippen molar-refractivity contribution in [3.05, 3.63) is 0 Å². The molecular formula is C13H27N3. The Balaban J connectivity index is 2.48. The van der Waals surface area contributed by atoms with E-state index in [0.29, 0.717) is 5.41 Å². The third kappa shape index (κ3) is 3.13. The summed E-state index contributed by atoms with van der Waals surface area (Å²) in [5.41, 5.74) is 6.55. The van der Waals surface area contributed by atoms with Gasteiger partial charge in [0.05, 0.1) is 0 Å². The second kappa shape index (κ2) is 6.12. The molecule has 0 unspecified atom stereocenters. The predicted molar refractivity (Wildman–Crippen MR) is 70.6 cm³/mol. The van der Waals surface area contributed by atoms with Crippen molar-refractivity contribution >= 4 is 5.96 Å². The van der Waals surface area contributed by atoms with Gasteiger partial charge in [0, 0.05) is 19.6 Å². The molecule has 0 radical (unpaired) electrons. The lowest BCUT2D eigenvalue weighted by Gasteiger charge is -2.41. The van der Waals surface area contributed by atoms with E-state index in [2.05, 4.69) is 30.7 Å². The van der Waals surface area contributed by atoms with Gasteiger partial charge in [0.25, 0.3) is 0 Å². The topological polar surface area (TPSA) is 41.6 Å². The molecule has 1 aliphatic rings. The summed E-state index contributed by atoms with van der Waals surface area (Å²) in [4.78, 5) is 6.64. The molecule has 0 bridgehead atoms. The van der Waals surface area contributed by atoms with Gasteiger partial charge >= 0.3 is 0 Å². The van der Waals surface area contributed by atoms with E-state index in [0.717, 1.165) is 32.0 Å². The van der Waals surface area contributed by atoms with Crippen LogP contribution in [0, 0.1) is 5.41 Å². The number of hydrogen-bond donors (Lipinski definition) is 1. The molecule has 0 atom stereocenters. The number of nitrogens with two attached hydrogens (primary N) is 1. The molecule has 0 spiro atoms. The van der Waals surface area contributed by atoms with Gasteiger partial charge in [0.1, 0.15) is 0 Å². The predicted octanol–water partition coefficient (Wildman–Crippen LogP) is 2.61. The third-order valence-corrected chi connectivity index (χ3v) is 4.15. The lowest BCUT2D eigenvalue weighted by atomic mass is 9.74. The van der Waals surface area contributed by atoms with Crippen LogP contribution in [0.1, 0.15) is 52.9 Å². The minimum Gasteiger partial charge on any atom is -0.370 e. The van der Waals surface area contributed by atoms with Gasteiger partial charge in [0.15, 0.2) is 5.96 Å². The third-order valence-electron chi connectivity index (χ3n) is 4.15. The van der Waals surface area contributed by atoms with Gasteiger partial charge in [0.2, 0.25) is 0 Å². The first-order valence-corrected chi connectivity index (χ1v) is 6.72. The zero-order chi connectivity index (χ0) is 12.0. The molecule has 1 saturated heterocycles. The molecule has 16 heavy (non-hydrogen) atoms. The normalized spacial score (nSPS) is 21.2. The standard InChI is InChI=1S/C13H27N3/c1-4-9-15-12(14)16-10-7-13(5-2,6-3)8-11-16/h4-11H2,1-3H3,(H2,14,15). The van der Waals surface area contributed by atoms with E-state index in [1.54, 1.807) is 0 Å². The Morgan fingerprint density at radius 1 is 1.19 bits per heavy atom. The summed E-state index contributed by atoms with van der Waals surface area (Å²) in [5, 5.41) is 0. The van der Waals surface area contributed by atoms with Crippen molar-refractivity contribution in [3.8, 4) is 0 Å². The molecule has 1 aliphatic heterocycles. The molecule has 1 rings (SSSR count). The molecule has 0 aromatic rings. The van der Waals surface area contributed by atoms with Crippen molar-refractivity contribution < 1.29 is 0 Å². The number of likely N-dealkylation sites (tertiary alicyclic amines) is 1. The maximum atomic E-state index is 5.98. The SMILES string of the molecule is CCCN=C(N)N1CCC(CC)(CC)CC1. The minimum atomic E-state index is 0.571. The summed E-state index contributed by atoms with van der Waals surface area (Å²) in [6, 6.07) is 0. The Hall–Kier alpha value is -0.730. The molecule has 1 heterocycles. The summed E-state index contributed by atoms with van der Waals surface area (Å²) in [5.74, 6) is 0.752. The van der Waals surface area contributed by atoms with Crippen molar-refractivity contribution in [3.63, 3.8) is 0 Å². The number of aliphatic imine (C=N–C) groups is 1. The van der Waals surface area contributed by atoms with Crippen molar-refractivity contribution in [2.24, 2.45) is 16.1 Å². The number of rotatable bonds is 4. The molecule has 3 heteroatoms. The monoisotopic (exact) mass is 225 g/mol. The zero-order valence-electron chi connectivity index (χ0n) is 11.1. The fourth-order valence-corrected chi connectivity index (χ4v) is 2.49. The average molecular weight is 225 g/mol. The molecule has 0 aromatic heterocycles. The van der Waals surface area contributed by atoms with E-state index in [1.165, 1.54) is 25.7 Å². The van der Waals surface area contributed by atoms with Crippen molar-refractivity contribution in [2.45, 2.75) is 52.9 Å². The second-order valence-corrected chi connectivity index (χ2v) is 4.93. The largest absolute Gasteiger partial charge is 0.370 e. The Labute approximate surface area is 100 Å². The van der Waals surface area contributed by atoms with Crippen LogP contribution in [0.15, 0.2) is 4.99 Å². The number of hydrogen-bond acceptors (Lipinski definition) is 1. The fourth-order valence-electron chi connectivity index (χ4n) is 2.49. The van der Waals surface area contributed by atoms with Gasteiger partial charge in [-0.15, -0.1) is 0 Å². The molecule has 94 valence electrons. The maximum Gasteiger partial charge on any atom is 0.191 e. The summed E-state index contributed by atoms with van der Waals surface area (Å²) in [6.45, 7) is 9.78. The summed E-state index contributed by atoms with van der Waals surface area (Å²) in [6.07, 6.45) is 6.19. The van der Waals surface area contributed by atoms with Crippen LogP contribution in [0.5, 0.6) is 0 Å². The van der Waals surface area contributed by atoms with Crippen LogP contribution in [-0.2, 0) is 0 Å². The Kier molecular flexibility index (Phi) is 5.10. The Morgan fingerprint density at radius 2 is 1.75 bits per heavy atom. The molecule has 3 nitrogen and oxygen atoms in total. The fraction of sp³-hybridized carbons (Fsp3) is 0.923. The Morgan fingerprint density at radius 3 is 2.19 bits per heavy atom. The lowest BCUT2D eigenvalue weighted by molar-refractivity contribution is 0.135. The van der Waals surface area contributed by atoms with Gasteiger partial charge in [-0.2, -0.15) is 0 Å². The van der Waals surface area contributed by atoms with Gasteiger partial charge in [-0.1, -0.05) is 33.6 Å². The van der Waals surface area contributed by atoms with Gasteiger partial charge < -0.3 is 10.6 Å². The Bertz CT molecular complexity index is 221. The van der Waals surface area contributed by atoms with Crippen LogP contribution in [-0.4, -0.2) is 30.5 Å². The first-order chi connectivity index (χ1) is 7.67. The van der Waals surface area contributed by atoms with Crippen LogP contribution in [0.25, 0.3) is 0 Å². The molecular weight excluding hydrogens is 198 g/mol. The van der Waals surface area contributed by atoms with Gasteiger partial charge in [-0.25, -0.2) is 0 Å². The summed E-state index contributed by atoms with van der Waals surface area (Å²) >= 11 is 0. The van der Waals surface area contributed by atoms with Crippen LogP contribution in [0.2, 0.25) is 0 Å². The number of guanidine groups is 1. The van der Waals surface area contributed by atoms with E-state index >= 15 is 0 Å². The number of nitrogens with zero attached hydrogens (tertiary/aromatic N) is 2. The average Bonchev–Trinajstić information content (AvgIpc) is 2.36. The quantitative estimate of drug-likeness (QED) is 0.590. The molecule has 0 aliphatic carbocycles. The van der Waals surface area contributed by atoms with Crippen LogP contribution >= 0.6 is 0 Å². The second-order valence-electron chi connectivity index (χ2n) is 4.93. The van der Waals surface area contributed by atoms with E-state index in [4.69, 9.17) is 5.73 Å². The van der Waals surface area contributed by atoms with Crippen molar-refractivity contribution in [1.82, 2.24) is 4.90 Å². The highest BCUT2D eigenvalue weighted by molar-refractivity contribution is 5.78. The molecule has 2 N–H and O–H groups in total. The summed E-state index contributed by atoms with van der Waals surface area (Å²) < 4.78 is 0. The van der Waals surface area contributed by atoms with E-state index in [9.17, 15) is 0 Å². The van der Waals surface area contributed by atoms with Gasteiger partial charge in [-0.05, 0) is 24.7 Å². The lowest BCUT2D eigenvalue weighted by Crippen LogP contribution is -2.46. The highest BCUT2D eigenvalue weighted by Gasteiger charge is 2.31. The van der Waals surface area contributed by atoms with Crippen LogP contribution < -0.4 is 5.73 Å². The number of piperidine rings is 1. The van der Waals surface area contributed by atoms with Crippen molar-refractivity contribution in [2.75, 3.05) is 19.6 Å². The molecule has 0 saturated carbocycles. The smallest absolute Gasteiger partial charge is 0.191 e. The summed E-state index contributed by atoms with van der Waals surface area (Å²) in [7, 11) is 0. The van der Waals surface area contributed by atoms with Crippen molar-refractivity contribution in [1.29, 1.82) is 0 Å². The minimum absolute atomic E-state index is 0.571. The van der Waals surface area contributed by atoms with Gasteiger partial charge in [-0.3, -0.25) is 4.99 Å². The van der Waals surface area contributed by atoms with Crippen LogP contribution in [0.3, 0.4) is 0 Å².